The van der Waals surface area contributed by atoms with E-state index in [1.54, 1.807) is 13.0 Å². The van der Waals surface area contributed by atoms with Crippen molar-refractivity contribution in [3.05, 3.63) is 5.92 Å². The van der Waals surface area contributed by atoms with Crippen molar-refractivity contribution in [2.75, 3.05) is 7.11 Å². The van der Waals surface area contributed by atoms with Crippen LogP contribution in [0.5, 0.6) is 0 Å². The first kappa shape index (κ1) is 8.25. The summed E-state index contributed by atoms with van der Waals surface area (Å²) in [6.07, 6.45) is 6.39. The Bertz CT molecular complexity index is 222. The molecule has 1 N–H and O–H groups in total. The van der Waals surface area contributed by atoms with Crippen LogP contribution in [0.25, 0.3) is 0 Å². The first-order chi connectivity index (χ1) is 6.13. The lowest BCUT2D eigenvalue weighted by Crippen LogP contribution is -2.59. The minimum absolute atomic E-state index is 0.0174. The van der Waals surface area contributed by atoms with Gasteiger partial charge in [-0.25, -0.2) is 0 Å². The highest BCUT2D eigenvalue weighted by atomic mass is 16.5. The molecule has 3 atom stereocenters. The van der Waals surface area contributed by atoms with Crippen molar-refractivity contribution >= 4 is 0 Å². The van der Waals surface area contributed by atoms with Crippen LogP contribution in [-0.2, 0) is 4.74 Å². The van der Waals surface area contributed by atoms with E-state index in [-0.39, 0.29) is 5.60 Å². The van der Waals surface area contributed by atoms with E-state index in [0.29, 0.717) is 5.92 Å². The van der Waals surface area contributed by atoms with Gasteiger partial charge in [-0.05, 0) is 43.9 Å². The van der Waals surface area contributed by atoms with Gasteiger partial charge >= 0.3 is 0 Å². The average Bonchev–Trinajstić information content (AvgIpc) is 1.99. The van der Waals surface area contributed by atoms with Gasteiger partial charge in [-0.3, -0.25) is 0 Å². The average molecular weight is 181 g/mol. The minimum Gasteiger partial charge on any atom is -0.390 e. The summed E-state index contributed by atoms with van der Waals surface area (Å²) in [5.74, 6) is 2.26. The lowest BCUT2D eigenvalue weighted by atomic mass is 9.52. The molecule has 0 aromatic heterocycles. The molecule has 0 heterocycles. The number of hydrogen-bond donors (Lipinski definition) is 1. The maximum Gasteiger partial charge on any atom is 0.0714 e. The van der Waals surface area contributed by atoms with Crippen LogP contribution in [0.3, 0.4) is 0 Å². The summed E-state index contributed by atoms with van der Waals surface area (Å²) in [5.41, 5.74) is -0.381. The third-order valence-corrected chi connectivity index (χ3v) is 4.14. The second-order valence-electron chi connectivity index (χ2n) is 5.37. The van der Waals surface area contributed by atoms with Crippen LogP contribution < -0.4 is 0 Å². The zero-order valence-corrected chi connectivity index (χ0v) is 8.18. The van der Waals surface area contributed by atoms with Gasteiger partial charge in [0.25, 0.3) is 0 Å². The molecule has 0 amide bonds. The zero-order chi connectivity index (χ0) is 9.10. The maximum atomic E-state index is 10.3. The number of rotatable bonds is 1. The predicted molar refractivity (Wildman–Crippen MR) is 49.1 cm³/mol. The molecule has 4 rings (SSSR count). The Balaban J connectivity index is 1.95. The van der Waals surface area contributed by atoms with Gasteiger partial charge in [0.2, 0.25) is 0 Å². The maximum absolute atomic E-state index is 10.3. The van der Waals surface area contributed by atoms with Crippen molar-refractivity contribution in [3.8, 4) is 0 Å². The smallest absolute Gasteiger partial charge is 0.0714 e. The summed E-state index contributed by atoms with van der Waals surface area (Å²) in [6.45, 7) is 0. The summed E-state index contributed by atoms with van der Waals surface area (Å²) >= 11 is 0. The molecule has 2 heteroatoms. The van der Waals surface area contributed by atoms with Gasteiger partial charge in [-0.1, -0.05) is 0 Å². The molecule has 4 aliphatic rings. The van der Waals surface area contributed by atoms with E-state index in [9.17, 15) is 5.11 Å². The lowest BCUT2D eigenvalue weighted by molar-refractivity contribution is -0.179. The van der Waals surface area contributed by atoms with E-state index in [1.165, 1.54) is 12.8 Å². The molecule has 0 saturated heterocycles. The van der Waals surface area contributed by atoms with Gasteiger partial charge in [-0.15, -0.1) is 0 Å². The number of aliphatic hydroxyl groups is 1. The molecule has 73 valence electrons. The van der Waals surface area contributed by atoms with Crippen LogP contribution >= 0.6 is 0 Å². The molecular weight excluding hydrogens is 164 g/mol. The highest BCUT2D eigenvalue weighted by molar-refractivity contribution is 5.20. The van der Waals surface area contributed by atoms with Gasteiger partial charge in [0.15, 0.2) is 0 Å². The van der Waals surface area contributed by atoms with Crippen molar-refractivity contribution in [2.45, 2.75) is 49.7 Å². The number of methoxy groups -OCH3 is 1. The topological polar surface area (TPSA) is 29.5 Å². The lowest BCUT2D eigenvalue weighted by Gasteiger charge is -2.59. The van der Waals surface area contributed by atoms with Crippen molar-refractivity contribution in [1.82, 2.24) is 0 Å². The Morgan fingerprint density at radius 3 is 2.85 bits per heavy atom. The molecule has 4 fully saturated rings. The third kappa shape index (κ3) is 1.08. The molecule has 2 nitrogen and oxygen atoms in total. The molecule has 4 saturated carbocycles. The molecule has 0 aromatic carbocycles. The van der Waals surface area contributed by atoms with Gasteiger partial charge in [0.1, 0.15) is 0 Å². The monoisotopic (exact) mass is 181 g/mol. The van der Waals surface area contributed by atoms with Crippen molar-refractivity contribution in [1.29, 1.82) is 0 Å². The molecule has 13 heavy (non-hydrogen) atoms. The fourth-order valence-corrected chi connectivity index (χ4v) is 4.06. The molecule has 0 aliphatic heterocycles. The zero-order valence-electron chi connectivity index (χ0n) is 8.18. The Morgan fingerprint density at radius 2 is 2.23 bits per heavy atom. The molecule has 1 radical (unpaired) electrons. The molecular formula is C11H17O2. The van der Waals surface area contributed by atoms with Gasteiger partial charge in [-0.2, -0.15) is 0 Å². The largest absolute Gasteiger partial charge is 0.390 e. The van der Waals surface area contributed by atoms with Crippen LogP contribution in [0.2, 0.25) is 0 Å². The highest BCUT2D eigenvalue weighted by Gasteiger charge is 2.57. The van der Waals surface area contributed by atoms with Crippen molar-refractivity contribution in [3.63, 3.8) is 0 Å². The van der Waals surface area contributed by atoms with Gasteiger partial charge in [0, 0.05) is 13.5 Å². The van der Waals surface area contributed by atoms with Crippen LogP contribution in [0.4, 0.5) is 0 Å². The van der Waals surface area contributed by atoms with E-state index < -0.39 is 5.60 Å². The Kier molecular flexibility index (Phi) is 1.45. The van der Waals surface area contributed by atoms with Crippen molar-refractivity contribution in [2.24, 2.45) is 5.92 Å². The van der Waals surface area contributed by atoms with E-state index in [4.69, 9.17) is 4.74 Å². The molecule has 0 aromatic rings. The fraction of sp³-hybridized carbons (Fsp3) is 0.909. The summed E-state index contributed by atoms with van der Waals surface area (Å²) < 4.78 is 5.63. The molecule has 4 bridgehead atoms. The Hall–Kier alpha value is -0.0800. The third-order valence-electron chi connectivity index (χ3n) is 4.14. The van der Waals surface area contributed by atoms with Gasteiger partial charge < -0.3 is 9.84 Å². The number of hydrogen-bond acceptors (Lipinski definition) is 2. The minimum atomic E-state index is -0.398. The Labute approximate surface area is 79.3 Å². The van der Waals surface area contributed by atoms with Crippen LogP contribution in [0, 0.1) is 11.8 Å². The summed E-state index contributed by atoms with van der Waals surface area (Å²) in [5, 5.41) is 10.3. The first-order valence-corrected chi connectivity index (χ1v) is 5.24. The Morgan fingerprint density at radius 1 is 1.38 bits per heavy atom. The summed E-state index contributed by atoms with van der Waals surface area (Å²) in [6, 6.07) is 0. The van der Waals surface area contributed by atoms with Crippen LogP contribution in [0.15, 0.2) is 0 Å². The first-order valence-electron chi connectivity index (χ1n) is 5.24. The standard InChI is InChI=1S/C11H17O2/c1-13-11-5-8-2-9(6-11)4-10(12,3-8)7-11/h8,12H,2-7H2,1H3. The molecule has 0 spiro atoms. The second kappa shape index (κ2) is 2.29. The quantitative estimate of drug-likeness (QED) is 0.667. The SMILES string of the molecule is COC12C[C]3CC(CC(O)(C3)C1)C2. The van der Waals surface area contributed by atoms with Gasteiger partial charge in [0.05, 0.1) is 11.2 Å². The molecule has 3 unspecified atom stereocenters. The van der Waals surface area contributed by atoms with E-state index in [0.717, 1.165) is 25.7 Å². The van der Waals surface area contributed by atoms with E-state index >= 15 is 0 Å². The van der Waals surface area contributed by atoms with Crippen LogP contribution in [0.1, 0.15) is 38.5 Å². The van der Waals surface area contributed by atoms with E-state index in [1.807, 2.05) is 0 Å². The van der Waals surface area contributed by atoms with Crippen LogP contribution in [-0.4, -0.2) is 23.4 Å². The van der Waals surface area contributed by atoms with E-state index in [2.05, 4.69) is 0 Å². The normalized spacial score (nSPS) is 54.5. The second-order valence-corrected chi connectivity index (χ2v) is 5.37. The predicted octanol–water partition coefficient (Wildman–Crippen LogP) is 1.67. The summed E-state index contributed by atoms with van der Waals surface area (Å²) in [4.78, 5) is 0. The fourth-order valence-electron chi connectivity index (χ4n) is 4.06. The van der Waals surface area contributed by atoms with Crippen molar-refractivity contribution < 1.29 is 9.84 Å². The summed E-state index contributed by atoms with van der Waals surface area (Å²) in [7, 11) is 1.80. The highest BCUT2D eigenvalue weighted by Crippen LogP contribution is 2.59. The number of ether oxygens (including phenoxy) is 1. The molecule has 4 aliphatic carbocycles.